The van der Waals surface area contributed by atoms with Crippen molar-refractivity contribution in [1.82, 2.24) is 0 Å². The molecule has 0 aromatic carbocycles. The summed E-state index contributed by atoms with van der Waals surface area (Å²) in [5.74, 6) is 0. The quantitative estimate of drug-likeness (QED) is 0.747. The van der Waals surface area contributed by atoms with E-state index in [-0.39, 0.29) is 36.9 Å². The predicted molar refractivity (Wildman–Crippen MR) is 59.3 cm³/mol. The van der Waals surface area contributed by atoms with Crippen molar-refractivity contribution in [1.29, 1.82) is 0 Å². The van der Waals surface area contributed by atoms with Gasteiger partial charge in [-0.3, -0.25) is 0 Å². The van der Waals surface area contributed by atoms with Gasteiger partial charge in [0.25, 0.3) is 0 Å². The van der Waals surface area contributed by atoms with E-state index in [0.29, 0.717) is 0 Å². The molecule has 16 heavy (non-hydrogen) atoms. The first kappa shape index (κ1) is 25.3. The van der Waals surface area contributed by atoms with Gasteiger partial charge in [0.1, 0.15) is 0 Å². The number of rotatable bonds is 3. The molecule has 0 aliphatic heterocycles. The van der Waals surface area contributed by atoms with Crippen molar-refractivity contribution in [3.8, 4) is 0 Å². The molecular formula is C12H27O3V. The minimum absolute atomic E-state index is 0. The van der Waals surface area contributed by atoms with Crippen LogP contribution in [0.5, 0.6) is 0 Å². The topological polar surface area (TPSA) is 69.2 Å². The van der Waals surface area contributed by atoms with E-state index in [9.17, 15) is 15.3 Å². The Morgan fingerprint density at radius 2 is 0.688 bits per heavy atom. The summed E-state index contributed by atoms with van der Waals surface area (Å²) >= 11 is 0. The fraction of sp³-hybridized carbons (Fsp3) is 1.00. The molecule has 4 heteroatoms. The van der Waals surface area contributed by atoms with Gasteiger partial charge in [0.05, 0.1) is 0 Å². The Balaban J connectivity index is -0.0000000655. The summed E-state index contributed by atoms with van der Waals surface area (Å²) in [4.78, 5) is 0. The van der Waals surface area contributed by atoms with E-state index in [2.05, 4.69) is 0 Å². The van der Waals surface area contributed by atoms with E-state index in [1.54, 1.807) is 20.8 Å². The molecule has 3 unspecified atom stereocenters. The zero-order valence-electron chi connectivity index (χ0n) is 11.5. The van der Waals surface area contributed by atoms with E-state index < -0.39 is 0 Å². The molecule has 0 radical (unpaired) electrons. The minimum Gasteiger partial charge on any atom is -0.852 e. The van der Waals surface area contributed by atoms with Gasteiger partial charge in [-0.25, -0.2) is 0 Å². The second kappa shape index (κ2) is 20.8. The van der Waals surface area contributed by atoms with Crippen molar-refractivity contribution in [3.05, 3.63) is 0 Å². The Bertz CT molecular complexity index is 77.2. The molecule has 0 amide bonds. The average Bonchev–Trinajstić information content (AvgIpc) is 2.19. The van der Waals surface area contributed by atoms with Crippen molar-refractivity contribution in [2.75, 3.05) is 0 Å². The Hall–Kier alpha value is 0.464. The van der Waals surface area contributed by atoms with Crippen LogP contribution < -0.4 is 15.3 Å². The van der Waals surface area contributed by atoms with Crippen molar-refractivity contribution in [3.63, 3.8) is 0 Å². The summed E-state index contributed by atoms with van der Waals surface area (Å²) in [6.07, 6.45) is 1.15. The maximum atomic E-state index is 9.90. The molecule has 0 aliphatic rings. The van der Waals surface area contributed by atoms with Gasteiger partial charge in [0.15, 0.2) is 0 Å². The first-order valence-electron chi connectivity index (χ1n) is 5.79. The van der Waals surface area contributed by atoms with Gasteiger partial charge in [-0.2, -0.15) is 0 Å². The molecule has 0 spiro atoms. The molecule has 0 rings (SSSR count). The molecule has 0 heterocycles. The largest absolute Gasteiger partial charge is 3.00 e. The summed E-state index contributed by atoms with van der Waals surface area (Å²) in [6.45, 7) is 10.7. The molecular weight excluding hydrogens is 243 g/mol. The Labute approximate surface area is 113 Å². The third-order valence-corrected chi connectivity index (χ3v) is 1.72. The summed E-state index contributed by atoms with van der Waals surface area (Å²) in [5, 5.41) is 29.7. The van der Waals surface area contributed by atoms with Crippen LogP contribution in [0.3, 0.4) is 0 Å². The number of hydrogen-bond donors (Lipinski definition) is 0. The molecule has 98 valence electrons. The van der Waals surface area contributed by atoms with Crippen LogP contribution >= 0.6 is 0 Å². The Kier molecular flexibility index (Phi) is 33.0. The Morgan fingerprint density at radius 3 is 0.688 bits per heavy atom. The zero-order valence-corrected chi connectivity index (χ0v) is 12.9. The van der Waals surface area contributed by atoms with Crippen LogP contribution in [0, 0.1) is 0 Å². The average molecular weight is 270 g/mol. The molecule has 0 saturated carbocycles. The van der Waals surface area contributed by atoms with E-state index in [4.69, 9.17) is 0 Å². The van der Waals surface area contributed by atoms with Gasteiger partial charge < -0.3 is 15.3 Å². The van der Waals surface area contributed by atoms with Crippen LogP contribution in [-0.2, 0) is 18.6 Å². The van der Waals surface area contributed by atoms with Crippen LogP contribution in [-0.4, -0.2) is 18.3 Å². The second-order valence-corrected chi connectivity index (χ2v) is 3.66. The predicted octanol–water partition coefficient (Wildman–Crippen LogP) is 0.433. The summed E-state index contributed by atoms with van der Waals surface area (Å²) in [5.41, 5.74) is 0. The SMILES string of the molecule is CCC(C)[O-].CCC(C)[O-].CCC(C)[O-].[V+3]. The van der Waals surface area contributed by atoms with E-state index in [1.807, 2.05) is 20.8 Å². The van der Waals surface area contributed by atoms with Gasteiger partial charge in [0.2, 0.25) is 0 Å². The molecule has 0 bridgehead atoms. The van der Waals surface area contributed by atoms with Crippen LogP contribution in [0.25, 0.3) is 0 Å². The van der Waals surface area contributed by atoms with E-state index in [1.165, 1.54) is 0 Å². The maximum absolute atomic E-state index is 9.90. The second-order valence-electron chi connectivity index (χ2n) is 3.66. The third-order valence-electron chi connectivity index (χ3n) is 1.72. The van der Waals surface area contributed by atoms with Crippen molar-refractivity contribution >= 4 is 0 Å². The summed E-state index contributed by atoms with van der Waals surface area (Å²) in [7, 11) is 0. The molecule has 0 N–H and O–H groups in total. The van der Waals surface area contributed by atoms with Crippen molar-refractivity contribution < 1.29 is 33.9 Å². The molecule has 0 fully saturated rings. The van der Waals surface area contributed by atoms with Crippen molar-refractivity contribution in [2.45, 2.75) is 79.1 Å². The van der Waals surface area contributed by atoms with Gasteiger partial charge in [0, 0.05) is 0 Å². The summed E-state index contributed by atoms with van der Waals surface area (Å²) in [6, 6.07) is 0. The minimum atomic E-state index is -0.366. The molecule has 3 nitrogen and oxygen atoms in total. The van der Waals surface area contributed by atoms with E-state index >= 15 is 0 Å². The van der Waals surface area contributed by atoms with Crippen LogP contribution in [0.1, 0.15) is 60.8 Å². The van der Waals surface area contributed by atoms with E-state index in [0.717, 1.165) is 19.3 Å². The molecule has 0 aromatic heterocycles. The summed E-state index contributed by atoms with van der Waals surface area (Å²) < 4.78 is 0. The van der Waals surface area contributed by atoms with Gasteiger partial charge >= 0.3 is 18.6 Å². The fourth-order valence-corrected chi connectivity index (χ4v) is 0. The molecule has 0 aromatic rings. The van der Waals surface area contributed by atoms with Crippen LogP contribution in [0.2, 0.25) is 0 Å². The Morgan fingerprint density at radius 1 is 0.625 bits per heavy atom. The third kappa shape index (κ3) is 62.8. The smallest absolute Gasteiger partial charge is 0.852 e. The molecule has 0 aliphatic carbocycles. The van der Waals surface area contributed by atoms with Gasteiger partial charge in [-0.1, -0.05) is 60.8 Å². The standard InChI is InChI=1S/3C4H9O.V/c3*1-3-4(2)5;/h3*4H,3H2,1-2H3;/q3*-1;+3. The molecule has 0 saturated heterocycles. The van der Waals surface area contributed by atoms with Crippen molar-refractivity contribution in [2.24, 2.45) is 0 Å². The normalized spacial score (nSPS) is 14.1. The first-order chi connectivity index (χ1) is 6.81. The molecule has 3 atom stereocenters. The maximum Gasteiger partial charge on any atom is 3.00 e. The first-order valence-corrected chi connectivity index (χ1v) is 5.79. The van der Waals surface area contributed by atoms with Crippen LogP contribution in [0.15, 0.2) is 0 Å². The van der Waals surface area contributed by atoms with Gasteiger partial charge in [-0.15, -0.1) is 18.3 Å². The zero-order chi connectivity index (χ0) is 12.9. The van der Waals surface area contributed by atoms with Crippen LogP contribution in [0.4, 0.5) is 0 Å². The number of hydrogen-bond acceptors (Lipinski definition) is 3. The monoisotopic (exact) mass is 270 g/mol. The van der Waals surface area contributed by atoms with Gasteiger partial charge in [-0.05, 0) is 0 Å². The fourth-order valence-electron chi connectivity index (χ4n) is 0.